The number of aromatic nitrogens is 2. The van der Waals surface area contributed by atoms with Gasteiger partial charge in [0.2, 0.25) is 6.33 Å². The Bertz CT molecular complexity index is 1250. The molecule has 0 bridgehead atoms. The van der Waals surface area contributed by atoms with Crippen molar-refractivity contribution in [2.24, 2.45) is 0 Å². The number of nitrogens with zero attached hydrogens (tertiary/aromatic N) is 2. The second-order valence-electron chi connectivity index (χ2n) is 9.62. The molecule has 0 aliphatic carbocycles. The molecule has 1 unspecified atom stereocenters. The summed E-state index contributed by atoms with van der Waals surface area (Å²) in [6.07, 6.45) is 10.8. The summed E-state index contributed by atoms with van der Waals surface area (Å²) in [7, 11) is 0. The van der Waals surface area contributed by atoms with Gasteiger partial charge in [-0.3, -0.25) is 0 Å². The summed E-state index contributed by atoms with van der Waals surface area (Å²) in [5.41, 5.74) is 7.68. The highest BCUT2D eigenvalue weighted by Crippen LogP contribution is 2.29. The molecule has 3 heteroatoms. The molecule has 0 fully saturated rings. The van der Waals surface area contributed by atoms with E-state index in [0.29, 0.717) is 12.5 Å². The van der Waals surface area contributed by atoms with Crippen LogP contribution in [-0.4, -0.2) is 4.57 Å². The van der Waals surface area contributed by atoms with Gasteiger partial charge in [-0.05, 0) is 59.2 Å². The Balaban J connectivity index is 1.50. The van der Waals surface area contributed by atoms with Crippen molar-refractivity contribution in [3.63, 3.8) is 0 Å². The number of ether oxygens (including phenoxy) is 1. The normalized spacial score (nSPS) is 12.5. The van der Waals surface area contributed by atoms with Crippen LogP contribution in [0.5, 0.6) is 0 Å². The molecule has 0 aliphatic rings. The molecule has 0 aliphatic heterocycles. The largest absolute Gasteiger partial charge is 0.365 e. The Morgan fingerprint density at radius 1 is 0.886 bits per heavy atom. The summed E-state index contributed by atoms with van der Waals surface area (Å²) in [6, 6.07) is 25.7. The number of aryl methyl sites for hydroxylation is 2. The molecule has 0 saturated carbocycles. The molecule has 1 heterocycles. The highest BCUT2D eigenvalue weighted by atomic mass is 16.5. The molecule has 3 nitrogen and oxygen atoms in total. The van der Waals surface area contributed by atoms with E-state index in [2.05, 4.69) is 134 Å². The van der Waals surface area contributed by atoms with Crippen LogP contribution >= 0.6 is 0 Å². The van der Waals surface area contributed by atoms with Gasteiger partial charge >= 0.3 is 0 Å². The van der Waals surface area contributed by atoms with E-state index in [1.54, 1.807) is 0 Å². The van der Waals surface area contributed by atoms with Crippen LogP contribution in [0.15, 0.2) is 97.6 Å². The lowest BCUT2D eigenvalue weighted by Gasteiger charge is -2.22. The van der Waals surface area contributed by atoms with Crippen molar-refractivity contribution in [2.45, 2.75) is 59.4 Å². The first-order valence-corrected chi connectivity index (χ1v) is 12.5. The maximum Gasteiger partial charge on any atom is 0.244 e. The minimum absolute atomic E-state index is 0.0316. The molecule has 180 valence electrons. The van der Waals surface area contributed by atoms with Crippen molar-refractivity contribution in [3.05, 3.63) is 131 Å². The van der Waals surface area contributed by atoms with Gasteiger partial charge in [-0.2, -0.15) is 0 Å². The zero-order valence-corrected chi connectivity index (χ0v) is 21.4. The summed E-state index contributed by atoms with van der Waals surface area (Å²) in [5, 5.41) is 0. The molecule has 35 heavy (non-hydrogen) atoms. The molecule has 4 aromatic rings. The molecule has 0 saturated heterocycles. The van der Waals surface area contributed by atoms with Crippen molar-refractivity contribution in [1.82, 2.24) is 4.57 Å². The number of benzene rings is 3. The Morgan fingerprint density at radius 3 is 2.37 bits per heavy atom. The van der Waals surface area contributed by atoms with Crippen LogP contribution < -0.4 is 4.57 Å². The van der Waals surface area contributed by atoms with E-state index in [9.17, 15) is 0 Å². The number of hydrogen-bond acceptors (Lipinski definition) is 1. The third-order valence-corrected chi connectivity index (χ3v) is 6.54. The lowest BCUT2D eigenvalue weighted by Crippen LogP contribution is -2.30. The number of rotatable bonds is 10. The fourth-order valence-electron chi connectivity index (χ4n) is 4.38. The molecule has 1 aromatic heterocycles. The fraction of sp³-hybridized carbons (Fsp3) is 0.281. The monoisotopic (exact) mass is 465 g/mol. The van der Waals surface area contributed by atoms with E-state index >= 15 is 0 Å². The number of imidazole rings is 1. The SMILES string of the molecule is Cc1ccc(COC(Cn2cc[n+](C/C=C/c3ccccc3)c2)c2ccccc2C(C)C)cc1C. The predicted molar refractivity (Wildman–Crippen MR) is 144 cm³/mol. The van der Waals surface area contributed by atoms with Gasteiger partial charge in [0.15, 0.2) is 0 Å². The van der Waals surface area contributed by atoms with E-state index in [1.807, 2.05) is 6.07 Å². The quantitative estimate of drug-likeness (QED) is 0.227. The van der Waals surface area contributed by atoms with E-state index in [4.69, 9.17) is 4.74 Å². The molecule has 0 radical (unpaired) electrons. The van der Waals surface area contributed by atoms with Crippen LogP contribution in [0.4, 0.5) is 0 Å². The first kappa shape index (κ1) is 24.7. The predicted octanol–water partition coefficient (Wildman–Crippen LogP) is 7.19. The first-order chi connectivity index (χ1) is 17.0. The van der Waals surface area contributed by atoms with Crippen LogP contribution in [0.1, 0.15) is 59.3 Å². The third kappa shape index (κ3) is 6.80. The average molecular weight is 466 g/mol. The highest BCUT2D eigenvalue weighted by molar-refractivity contribution is 5.48. The fourth-order valence-corrected chi connectivity index (χ4v) is 4.38. The second kappa shape index (κ2) is 11.8. The van der Waals surface area contributed by atoms with Crippen molar-refractivity contribution in [1.29, 1.82) is 0 Å². The molecule has 0 N–H and O–H groups in total. The van der Waals surface area contributed by atoms with Gasteiger partial charge in [0.1, 0.15) is 31.6 Å². The van der Waals surface area contributed by atoms with E-state index in [0.717, 1.165) is 13.1 Å². The zero-order valence-electron chi connectivity index (χ0n) is 21.4. The summed E-state index contributed by atoms with van der Waals surface area (Å²) >= 11 is 0. The van der Waals surface area contributed by atoms with Gasteiger partial charge in [0.05, 0.1) is 6.61 Å². The van der Waals surface area contributed by atoms with Crippen molar-refractivity contribution in [2.75, 3.05) is 0 Å². The van der Waals surface area contributed by atoms with Gasteiger partial charge in [0, 0.05) is 0 Å². The third-order valence-electron chi connectivity index (χ3n) is 6.54. The summed E-state index contributed by atoms with van der Waals surface area (Å²) in [4.78, 5) is 0. The maximum absolute atomic E-state index is 6.61. The van der Waals surface area contributed by atoms with Crippen molar-refractivity contribution < 1.29 is 9.30 Å². The molecular formula is C32H37N2O+. The topological polar surface area (TPSA) is 18.0 Å². The maximum atomic E-state index is 6.61. The lowest BCUT2D eigenvalue weighted by molar-refractivity contribution is -0.686. The molecule has 0 amide bonds. The van der Waals surface area contributed by atoms with Gasteiger partial charge in [-0.15, -0.1) is 0 Å². The highest BCUT2D eigenvalue weighted by Gasteiger charge is 2.21. The first-order valence-electron chi connectivity index (χ1n) is 12.5. The molecule has 3 aromatic carbocycles. The van der Waals surface area contributed by atoms with E-state index < -0.39 is 0 Å². The summed E-state index contributed by atoms with van der Waals surface area (Å²) in [6.45, 7) is 11.0. The zero-order chi connectivity index (χ0) is 24.6. The van der Waals surface area contributed by atoms with Crippen LogP contribution in [-0.2, 0) is 24.4 Å². The average Bonchev–Trinajstić information content (AvgIpc) is 3.31. The van der Waals surface area contributed by atoms with Gasteiger partial charge in [-0.1, -0.05) is 92.7 Å². The molecule has 1 atom stereocenters. The Hall–Kier alpha value is -3.43. The van der Waals surface area contributed by atoms with E-state index in [-0.39, 0.29) is 6.10 Å². The van der Waals surface area contributed by atoms with Crippen LogP contribution in [0.2, 0.25) is 0 Å². The minimum atomic E-state index is -0.0316. The molecular weight excluding hydrogens is 428 g/mol. The smallest absolute Gasteiger partial charge is 0.244 e. The summed E-state index contributed by atoms with van der Waals surface area (Å²) in [5.74, 6) is 0.441. The molecule has 4 rings (SSSR count). The molecule has 0 spiro atoms. The van der Waals surface area contributed by atoms with Crippen molar-refractivity contribution >= 4 is 6.08 Å². The van der Waals surface area contributed by atoms with E-state index in [1.165, 1.54) is 33.4 Å². The lowest BCUT2D eigenvalue weighted by atomic mass is 9.94. The van der Waals surface area contributed by atoms with Crippen LogP contribution in [0, 0.1) is 13.8 Å². The van der Waals surface area contributed by atoms with Gasteiger partial charge in [-0.25, -0.2) is 9.13 Å². The Morgan fingerprint density at radius 2 is 1.63 bits per heavy atom. The van der Waals surface area contributed by atoms with Gasteiger partial charge in [0.25, 0.3) is 0 Å². The van der Waals surface area contributed by atoms with Crippen LogP contribution in [0.25, 0.3) is 6.08 Å². The summed E-state index contributed by atoms with van der Waals surface area (Å²) < 4.78 is 11.0. The minimum Gasteiger partial charge on any atom is -0.365 e. The van der Waals surface area contributed by atoms with Gasteiger partial charge < -0.3 is 4.74 Å². The van der Waals surface area contributed by atoms with Crippen LogP contribution in [0.3, 0.4) is 0 Å². The second-order valence-corrected chi connectivity index (χ2v) is 9.62. The van der Waals surface area contributed by atoms with Crippen molar-refractivity contribution in [3.8, 4) is 0 Å². The standard InChI is InChI=1S/C32H37N2O/c1-25(2)30-14-8-9-15-31(30)32(35-23-29-17-16-26(3)27(4)21-29)22-34-20-19-33(24-34)18-10-13-28-11-6-5-7-12-28/h5-17,19-21,24-25,32H,18,22-23H2,1-4H3/q+1/b13-10+. The Kier molecular flexibility index (Phi) is 8.33. The number of allylic oxidation sites excluding steroid dienone is 1. The number of hydrogen-bond donors (Lipinski definition) is 0. The Labute approximate surface area is 210 Å².